The van der Waals surface area contributed by atoms with Gasteiger partial charge in [-0.25, -0.2) is 0 Å². The SMILES string of the molecule is Cc1cc(N(c2cc(C)c(-c3ccc(C#N)cc3)c(C)c2)c2cc(C)c(-c3ccc(N(c4ccccc4)c4ccccc4)cc3)c(C)c2)cc(C)c1-c1ccc(C#N)cc1. The maximum Gasteiger partial charge on any atom is 0.0991 e. The number of rotatable bonds is 9. The van der Waals surface area contributed by atoms with E-state index in [0.717, 1.165) is 67.5 Å². The highest BCUT2D eigenvalue weighted by atomic mass is 15.1. The predicted molar refractivity (Wildman–Crippen MR) is 250 cm³/mol. The van der Waals surface area contributed by atoms with Gasteiger partial charge in [0.05, 0.1) is 23.3 Å². The van der Waals surface area contributed by atoms with Gasteiger partial charge in [-0.3, -0.25) is 0 Å². The molecule has 0 amide bonds. The average molecular weight is 775 g/mol. The van der Waals surface area contributed by atoms with Crippen molar-refractivity contribution in [3.05, 3.63) is 214 Å². The van der Waals surface area contributed by atoms with E-state index < -0.39 is 0 Å². The molecule has 290 valence electrons. The van der Waals surface area contributed by atoms with Crippen LogP contribution in [0.2, 0.25) is 0 Å². The lowest BCUT2D eigenvalue weighted by molar-refractivity contribution is 1.22. The van der Waals surface area contributed by atoms with Crippen LogP contribution in [-0.2, 0) is 0 Å². The molecule has 0 aliphatic rings. The van der Waals surface area contributed by atoms with E-state index >= 15 is 0 Å². The Morgan fingerprint density at radius 3 is 0.833 bits per heavy atom. The molecule has 0 saturated carbocycles. The molecular formula is C56H46N4. The largest absolute Gasteiger partial charge is 0.311 e. The van der Waals surface area contributed by atoms with Gasteiger partial charge >= 0.3 is 0 Å². The number of hydrogen-bond acceptors (Lipinski definition) is 4. The van der Waals surface area contributed by atoms with E-state index in [9.17, 15) is 10.5 Å². The van der Waals surface area contributed by atoms with Gasteiger partial charge in [0.25, 0.3) is 0 Å². The van der Waals surface area contributed by atoms with Gasteiger partial charge in [-0.1, -0.05) is 72.8 Å². The van der Waals surface area contributed by atoms with Gasteiger partial charge in [0, 0.05) is 34.1 Å². The van der Waals surface area contributed by atoms with Crippen molar-refractivity contribution in [2.75, 3.05) is 9.80 Å². The number of benzene rings is 8. The third kappa shape index (κ3) is 7.68. The Balaban J connectivity index is 1.23. The summed E-state index contributed by atoms with van der Waals surface area (Å²) in [6.45, 7) is 13.1. The first kappa shape index (κ1) is 39.2. The van der Waals surface area contributed by atoms with E-state index in [1.165, 1.54) is 33.4 Å². The second kappa shape index (κ2) is 16.7. The molecule has 0 spiro atoms. The Morgan fingerprint density at radius 2 is 0.550 bits per heavy atom. The van der Waals surface area contributed by atoms with Crippen molar-refractivity contribution in [1.82, 2.24) is 0 Å². The van der Waals surface area contributed by atoms with Crippen LogP contribution in [-0.4, -0.2) is 0 Å². The maximum atomic E-state index is 9.43. The quantitative estimate of drug-likeness (QED) is 0.147. The van der Waals surface area contributed by atoms with Crippen molar-refractivity contribution in [1.29, 1.82) is 10.5 Å². The summed E-state index contributed by atoms with van der Waals surface area (Å²) in [6, 6.07) is 63.9. The van der Waals surface area contributed by atoms with Gasteiger partial charge in [0.1, 0.15) is 0 Å². The average Bonchev–Trinajstić information content (AvgIpc) is 3.25. The molecule has 8 rings (SSSR count). The monoisotopic (exact) mass is 774 g/mol. The van der Waals surface area contributed by atoms with Crippen LogP contribution in [0.5, 0.6) is 0 Å². The molecule has 0 aliphatic carbocycles. The number of nitriles is 2. The van der Waals surface area contributed by atoms with E-state index in [-0.39, 0.29) is 0 Å². The zero-order valence-corrected chi connectivity index (χ0v) is 35.0. The smallest absolute Gasteiger partial charge is 0.0991 e. The standard InChI is InChI=1S/C56H46N4/c1-37-29-51(30-38(2)54(37)45-21-17-43(35-57)18-22-45)60(52-31-39(3)55(40(4)32-52)46-23-19-44(36-58)20-24-46)53-33-41(5)56(42(6)34-53)47-25-27-50(28-26-47)59(48-13-9-7-10-14-48)49-15-11-8-12-16-49/h7-34H,1-6H3. The molecule has 60 heavy (non-hydrogen) atoms. The number of para-hydroxylation sites is 2. The van der Waals surface area contributed by atoms with Crippen LogP contribution in [0.4, 0.5) is 34.1 Å². The molecule has 0 unspecified atom stereocenters. The summed E-state index contributed by atoms with van der Waals surface area (Å²) < 4.78 is 0. The highest BCUT2D eigenvalue weighted by molar-refractivity contribution is 5.87. The maximum absolute atomic E-state index is 9.43. The fourth-order valence-electron chi connectivity index (χ4n) is 8.82. The summed E-state index contributed by atoms with van der Waals surface area (Å²) in [5.74, 6) is 0. The van der Waals surface area contributed by atoms with Crippen molar-refractivity contribution in [3.63, 3.8) is 0 Å². The zero-order valence-electron chi connectivity index (χ0n) is 35.0. The molecule has 0 atom stereocenters. The van der Waals surface area contributed by atoms with Gasteiger partial charge in [-0.15, -0.1) is 0 Å². The van der Waals surface area contributed by atoms with E-state index in [0.29, 0.717) is 11.1 Å². The van der Waals surface area contributed by atoms with E-state index in [2.05, 4.69) is 185 Å². The van der Waals surface area contributed by atoms with Gasteiger partial charge in [0.15, 0.2) is 0 Å². The third-order valence-corrected chi connectivity index (χ3v) is 11.4. The summed E-state index contributed by atoms with van der Waals surface area (Å²) >= 11 is 0. The lowest BCUT2D eigenvalue weighted by Gasteiger charge is -2.30. The fourth-order valence-corrected chi connectivity index (χ4v) is 8.82. The Labute approximate surface area is 354 Å². The lowest BCUT2D eigenvalue weighted by Crippen LogP contribution is -2.13. The molecule has 8 aromatic rings. The van der Waals surface area contributed by atoms with Crippen molar-refractivity contribution >= 4 is 34.1 Å². The van der Waals surface area contributed by atoms with Crippen molar-refractivity contribution in [2.45, 2.75) is 41.5 Å². The van der Waals surface area contributed by atoms with E-state index in [4.69, 9.17) is 0 Å². The minimum atomic E-state index is 0.651. The first-order chi connectivity index (χ1) is 29.1. The fraction of sp³-hybridized carbons (Fsp3) is 0.107. The molecule has 0 aromatic heterocycles. The Hall–Kier alpha value is -7.66. The first-order valence-electron chi connectivity index (χ1n) is 20.3. The van der Waals surface area contributed by atoms with Crippen LogP contribution in [0.1, 0.15) is 44.5 Å². The van der Waals surface area contributed by atoms with Crippen LogP contribution in [0.3, 0.4) is 0 Å². The topological polar surface area (TPSA) is 54.1 Å². The molecule has 4 heteroatoms. The second-order valence-corrected chi connectivity index (χ2v) is 15.6. The molecule has 0 fully saturated rings. The van der Waals surface area contributed by atoms with Gasteiger partial charge in [-0.2, -0.15) is 10.5 Å². The van der Waals surface area contributed by atoms with E-state index in [1.54, 1.807) is 0 Å². The third-order valence-electron chi connectivity index (χ3n) is 11.4. The molecule has 0 heterocycles. The minimum absolute atomic E-state index is 0.651. The number of hydrogen-bond donors (Lipinski definition) is 0. The predicted octanol–water partition coefficient (Wildman–Crippen LogP) is 15.2. The number of aryl methyl sites for hydroxylation is 6. The minimum Gasteiger partial charge on any atom is -0.311 e. The van der Waals surface area contributed by atoms with E-state index in [1.807, 2.05) is 48.5 Å². The molecule has 0 aliphatic heterocycles. The Morgan fingerprint density at radius 1 is 0.300 bits per heavy atom. The van der Waals surface area contributed by atoms with Crippen LogP contribution >= 0.6 is 0 Å². The van der Waals surface area contributed by atoms with Crippen LogP contribution < -0.4 is 9.80 Å². The molecule has 8 aromatic carbocycles. The summed E-state index contributed by atoms with van der Waals surface area (Å²) in [6.07, 6.45) is 0. The van der Waals surface area contributed by atoms with Crippen molar-refractivity contribution in [2.24, 2.45) is 0 Å². The number of nitrogens with zero attached hydrogens (tertiary/aromatic N) is 4. The number of anilines is 6. The zero-order chi connectivity index (χ0) is 41.9. The highest BCUT2D eigenvalue weighted by Gasteiger charge is 2.21. The second-order valence-electron chi connectivity index (χ2n) is 15.6. The Kier molecular flexibility index (Phi) is 10.9. The molecule has 0 bridgehead atoms. The summed E-state index contributed by atoms with van der Waals surface area (Å²) in [5, 5.41) is 18.9. The van der Waals surface area contributed by atoms with Gasteiger partial charge in [-0.05, 0) is 205 Å². The van der Waals surface area contributed by atoms with Crippen LogP contribution in [0.25, 0.3) is 33.4 Å². The van der Waals surface area contributed by atoms with Crippen molar-refractivity contribution < 1.29 is 0 Å². The lowest BCUT2D eigenvalue weighted by atomic mass is 9.91. The summed E-state index contributed by atoms with van der Waals surface area (Å²) in [5.41, 5.74) is 21.8. The Bertz CT molecular complexity index is 2690. The normalized spacial score (nSPS) is 10.8. The van der Waals surface area contributed by atoms with Crippen molar-refractivity contribution in [3.8, 4) is 45.5 Å². The molecular weight excluding hydrogens is 729 g/mol. The van der Waals surface area contributed by atoms with Crippen LogP contribution in [0.15, 0.2) is 170 Å². The van der Waals surface area contributed by atoms with Gasteiger partial charge < -0.3 is 9.80 Å². The molecule has 0 N–H and O–H groups in total. The molecule has 0 saturated heterocycles. The van der Waals surface area contributed by atoms with Crippen LogP contribution in [0, 0.1) is 64.2 Å². The summed E-state index contributed by atoms with van der Waals surface area (Å²) in [4.78, 5) is 4.67. The molecule has 0 radical (unpaired) electrons. The molecule has 4 nitrogen and oxygen atoms in total. The van der Waals surface area contributed by atoms with Gasteiger partial charge in [0.2, 0.25) is 0 Å². The first-order valence-corrected chi connectivity index (χ1v) is 20.3. The highest BCUT2D eigenvalue weighted by Crippen LogP contribution is 2.44. The summed E-state index contributed by atoms with van der Waals surface area (Å²) in [7, 11) is 0.